The van der Waals surface area contributed by atoms with Gasteiger partial charge in [0.15, 0.2) is 0 Å². The molecule has 0 heterocycles. The molecule has 1 aliphatic carbocycles. The number of nitrogens with two attached hydrogens (primary N) is 1. The first-order valence-corrected chi connectivity index (χ1v) is 8.39. The molecule has 1 saturated carbocycles. The SMILES string of the molecule is CCN(C1CCCC1)S(=O)(=O)c1cc(N)c(C)cc1F. The first kappa shape index (κ1) is 15.3. The van der Waals surface area contributed by atoms with Crippen molar-refractivity contribution >= 4 is 15.7 Å². The van der Waals surface area contributed by atoms with Crippen molar-refractivity contribution in [3.8, 4) is 0 Å². The van der Waals surface area contributed by atoms with Crippen LogP contribution in [-0.2, 0) is 10.0 Å². The molecule has 0 aliphatic heterocycles. The van der Waals surface area contributed by atoms with E-state index >= 15 is 0 Å². The maximum Gasteiger partial charge on any atom is 0.246 e. The number of sulfonamides is 1. The molecule has 1 aromatic rings. The van der Waals surface area contributed by atoms with Gasteiger partial charge in [-0.1, -0.05) is 19.8 Å². The van der Waals surface area contributed by atoms with Crippen LogP contribution >= 0.6 is 0 Å². The largest absolute Gasteiger partial charge is 0.398 e. The molecule has 0 bridgehead atoms. The van der Waals surface area contributed by atoms with Crippen LogP contribution in [0.4, 0.5) is 10.1 Å². The molecule has 112 valence electrons. The van der Waals surface area contributed by atoms with Gasteiger partial charge in [-0.2, -0.15) is 4.31 Å². The van der Waals surface area contributed by atoms with E-state index in [1.165, 1.54) is 16.4 Å². The molecule has 0 aromatic heterocycles. The smallest absolute Gasteiger partial charge is 0.246 e. The van der Waals surface area contributed by atoms with Gasteiger partial charge in [0.05, 0.1) is 0 Å². The first-order chi connectivity index (χ1) is 9.37. The number of halogens is 1. The van der Waals surface area contributed by atoms with Crippen molar-refractivity contribution in [1.82, 2.24) is 4.31 Å². The van der Waals surface area contributed by atoms with E-state index in [9.17, 15) is 12.8 Å². The number of rotatable bonds is 4. The Kier molecular flexibility index (Phi) is 4.34. The number of anilines is 1. The minimum Gasteiger partial charge on any atom is -0.398 e. The Labute approximate surface area is 119 Å². The summed E-state index contributed by atoms with van der Waals surface area (Å²) in [6.07, 6.45) is 3.73. The van der Waals surface area contributed by atoms with Crippen molar-refractivity contribution in [2.24, 2.45) is 0 Å². The lowest BCUT2D eigenvalue weighted by atomic mass is 10.2. The van der Waals surface area contributed by atoms with Crippen LogP contribution in [-0.4, -0.2) is 25.3 Å². The van der Waals surface area contributed by atoms with E-state index in [-0.39, 0.29) is 10.9 Å². The van der Waals surface area contributed by atoms with E-state index in [2.05, 4.69) is 0 Å². The van der Waals surface area contributed by atoms with E-state index in [0.29, 0.717) is 17.8 Å². The zero-order valence-corrected chi connectivity index (χ0v) is 12.7. The number of nitrogens with zero attached hydrogens (tertiary/aromatic N) is 1. The second-order valence-corrected chi connectivity index (χ2v) is 7.14. The molecule has 2 rings (SSSR count). The van der Waals surface area contributed by atoms with Crippen LogP contribution in [0.3, 0.4) is 0 Å². The quantitative estimate of drug-likeness (QED) is 0.870. The van der Waals surface area contributed by atoms with Gasteiger partial charge in [-0.05, 0) is 37.5 Å². The van der Waals surface area contributed by atoms with Gasteiger partial charge < -0.3 is 5.73 Å². The van der Waals surface area contributed by atoms with Crippen LogP contribution in [0, 0.1) is 12.7 Å². The molecular weight excluding hydrogens is 279 g/mol. The zero-order chi connectivity index (χ0) is 14.9. The highest BCUT2D eigenvalue weighted by atomic mass is 32.2. The maximum absolute atomic E-state index is 14.0. The van der Waals surface area contributed by atoms with Gasteiger partial charge in [0.2, 0.25) is 10.0 Å². The second-order valence-electron chi connectivity index (χ2n) is 5.29. The van der Waals surface area contributed by atoms with Crippen LogP contribution in [0.1, 0.15) is 38.2 Å². The molecule has 20 heavy (non-hydrogen) atoms. The lowest BCUT2D eigenvalue weighted by Gasteiger charge is -2.27. The van der Waals surface area contributed by atoms with Crippen molar-refractivity contribution in [3.63, 3.8) is 0 Å². The van der Waals surface area contributed by atoms with Gasteiger partial charge in [0.1, 0.15) is 10.7 Å². The Balaban J connectivity index is 2.45. The summed E-state index contributed by atoms with van der Waals surface area (Å²) in [5, 5.41) is 0. The number of benzene rings is 1. The highest BCUT2D eigenvalue weighted by Gasteiger charge is 2.33. The summed E-state index contributed by atoms with van der Waals surface area (Å²) in [4.78, 5) is -0.311. The Morgan fingerprint density at radius 1 is 1.35 bits per heavy atom. The fourth-order valence-corrected chi connectivity index (χ4v) is 4.59. The molecule has 0 atom stereocenters. The van der Waals surface area contributed by atoms with Crippen molar-refractivity contribution in [1.29, 1.82) is 0 Å². The van der Waals surface area contributed by atoms with E-state index in [1.807, 2.05) is 0 Å². The van der Waals surface area contributed by atoms with E-state index in [0.717, 1.165) is 25.7 Å². The van der Waals surface area contributed by atoms with Crippen LogP contribution in [0.2, 0.25) is 0 Å². The third-order valence-corrected chi connectivity index (χ3v) is 5.99. The van der Waals surface area contributed by atoms with Crippen molar-refractivity contribution in [3.05, 3.63) is 23.5 Å². The fourth-order valence-electron chi connectivity index (χ4n) is 2.81. The van der Waals surface area contributed by atoms with Crippen LogP contribution < -0.4 is 5.73 Å². The fraction of sp³-hybridized carbons (Fsp3) is 0.571. The molecule has 1 aliphatic rings. The molecule has 1 aromatic carbocycles. The normalized spacial score (nSPS) is 17.0. The van der Waals surface area contributed by atoms with Gasteiger partial charge >= 0.3 is 0 Å². The molecule has 2 N–H and O–H groups in total. The minimum absolute atomic E-state index is 0.0214. The second kappa shape index (κ2) is 5.69. The maximum atomic E-state index is 14.0. The topological polar surface area (TPSA) is 63.4 Å². The van der Waals surface area contributed by atoms with Crippen LogP contribution in [0.5, 0.6) is 0 Å². The van der Waals surface area contributed by atoms with Crippen molar-refractivity contribution in [2.75, 3.05) is 12.3 Å². The predicted octanol–water partition coefficient (Wildman–Crippen LogP) is 2.67. The average Bonchev–Trinajstić information content (AvgIpc) is 2.87. The molecule has 0 spiro atoms. The summed E-state index contributed by atoms with van der Waals surface area (Å²) >= 11 is 0. The molecule has 4 nitrogen and oxygen atoms in total. The molecule has 0 radical (unpaired) electrons. The third-order valence-electron chi connectivity index (χ3n) is 3.95. The van der Waals surface area contributed by atoms with E-state index in [4.69, 9.17) is 5.73 Å². The van der Waals surface area contributed by atoms with Gasteiger partial charge in [0, 0.05) is 18.3 Å². The summed E-state index contributed by atoms with van der Waals surface area (Å²) in [6.45, 7) is 3.79. The molecule has 0 saturated heterocycles. The van der Waals surface area contributed by atoms with E-state index in [1.54, 1.807) is 13.8 Å². The first-order valence-electron chi connectivity index (χ1n) is 6.95. The van der Waals surface area contributed by atoms with E-state index < -0.39 is 15.8 Å². The number of nitrogen functional groups attached to an aromatic ring is 1. The Bertz CT molecular complexity index is 595. The lowest BCUT2D eigenvalue weighted by Crippen LogP contribution is -2.39. The van der Waals surface area contributed by atoms with Crippen molar-refractivity contribution in [2.45, 2.75) is 50.5 Å². The standard InChI is InChI=1S/C14H21FN2O2S/c1-3-17(11-6-4-5-7-11)20(18,19)14-9-13(16)10(2)8-12(14)15/h8-9,11H,3-7,16H2,1-2H3. The van der Waals surface area contributed by atoms with Crippen molar-refractivity contribution < 1.29 is 12.8 Å². The van der Waals surface area contributed by atoms with Crippen LogP contribution in [0.15, 0.2) is 17.0 Å². The number of hydrogen-bond acceptors (Lipinski definition) is 3. The molecule has 0 amide bonds. The summed E-state index contributed by atoms with van der Waals surface area (Å²) in [7, 11) is -3.83. The number of aryl methyl sites for hydroxylation is 1. The highest BCUT2D eigenvalue weighted by molar-refractivity contribution is 7.89. The monoisotopic (exact) mass is 300 g/mol. The Morgan fingerprint density at radius 3 is 2.50 bits per heavy atom. The predicted molar refractivity (Wildman–Crippen MR) is 77.4 cm³/mol. The van der Waals surface area contributed by atoms with Gasteiger partial charge in [-0.3, -0.25) is 0 Å². The van der Waals surface area contributed by atoms with Crippen LogP contribution in [0.25, 0.3) is 0 Å². The van der Waals surface area contributed by atoms with Gasteiger partial charge in [0.25, 0.3) is 0 Å². The molecule has 0 unspecified atom stereocenters. The van der Waals surface area contributed by atoms with Gasteiger partial charge in [-0.25, -0.2) is 12.8 Å². The minimum atomic E-state index is -3.83. The Hall–Kier alpha value is -1.14. The summed E-state index contributed by atoms with van der Waals surface area (Å²) in [6, 6.07) is 2.40. The summed E-state index contributed by atoms with van der Waals surface area (Å²) < 4.78 is 40.8. The van der Waals surface area contributed by atoms with Gasteiger partial charge in [-0.15, -0.1) is 0 Å². The highest BCUT2D eigenvalue weighted by Crippen LogP contribution is 2.30. The number of hydrogen-bond donors (Lipinski definition) is 1. The molecular formula is C14H21FN2O2S. The lowest BCUT2D eigenvalue weighted by molar-refractivity contribution is 0.334. The molecule has 1 fully saturated rings. The molecule has 6 heteroatoms. The average molecular weight is 300 g/mol. The Morgan fingerprint density at radius 2 is 1.95 bits per heavy atom. The summed E-state index contributed by atoms with van der Waals surface area (Å²) in [5.41, 5.74) is 6.58. The zero-order valence-electron chi connectivity index (χ0n) is 11.9. The summed E-state index contributed by atoms with van der Waals surface area (Å²) in [5.74, 6) is -0.729. The third kappa shape index (κ3) is 2.67.